The van der Waals surface area contributed by atoms with Crippen LogP contribution in [0.3, 0.4) is 0 Å². The molecule has 1 aliphatic rings. The molecule has 0 aliphatic carbocycles. The molecule has 0 N–H and O–H groups in total. The number of nitrogens with zero attached hydrogens (tertiary/aromatic N) is 1. The van der Waals surface area contributed by atoms with Crippen molar-refractivity contribution in [1.82, 2.24) is 4.90 Å². The Kier molecular flexibility index (Phi) is 3.32. The van der Waals surface area contributed by atoms with Crippen LogP contribution in [0.4, 0.5) is 0 Å². The van der Waals surface area contributed by atoms with Crippen LogP contribution in [-0.2, 0) is 0 Å². The second kappa shape index (κ2) is 4.54. The summed E-state index contributed by atoms with van der Waals surface area (Å²) in [5, 5.41) is 0. The highest BCUT2D eigenvalue weighted by Gasteiger charge is 2.24. The van der Waals surface area contributed by atoms with Gasteiger partial charge in [-0.1, -0.05) is 11.6 Å². The Morgan fingerprint density at radius 3 is 2.93 bits per heavy atom. The van der Waals surface area contributed by atoms with Gasteiger partial charge in [0.25, 0.3) is 5.91 Å². The molecule has 2 rings (SSSR count). The summed E-state index contributed by atoms with van der Waals surface area (Å²) in [5.41, 5.74) is 0. The highest BCUT2D eigenvalue weighted by Crippen LogP contribution is 2.25. The van der Waals surface area contributed by atoms with Crippen molar-refractivity contribution in [2.45, 2.75) is 32.2 Å². The van der Waals surface area contributed by atoms with Crippen molar-refractivity contribution in [2.24, 2.45) is 0 Å². The Balaban J connectivity index is 2.13. The van der Waals surface area contributed by atoms with Crippen molar-refractivity contribution in [3.05, 3.63) is 21.3 Å². The first-order valence-electron chi connectivity index (χ1n) is 5.25. The summed E-state index contributed by atoms with van der Waals surface area (Å²) in [4.78, 5) is 14.8. The van der Waals surface area contributed by atoms with Crippen LogP contribution in [0, 0.1) is 0 Å². The molecule has 15 heavy (non-hydrogen) atoms. The summed E-state index contributed by atoms with van der Waals surface area (Å²) < 4.78 is 0.683. The first kappa shape index (κ1) is 11.0. The van der Waals surface area contributed by atoms with Gasteiger partial charge in [-0.25, -0.2) is 0 Å². The summed E-state index contributed by atoms with van der Waals surface area (Å²) in [5.74, 6) is 0.138. The molecule has 1 aromatic heterocycles. The van der Waals surface area contributed by atoms with Crippen LogP contribution in [0.5, 0.6) is 0 Å². The third kappa shape index (κ3) is 2.34. The minimum atomic E-state index is 0.138. The maximum Gasteiger partial charge on any atom is 0.264 e. The van der Waals surface area contributed by atoms with Crippen LogP contribution in [-0.4, -0.2) is 23.4 Å². The van der Waals surface area contributed by atoms with Crippen molar-refractivity contribution in [2.75, 3.05) is 6.54 Å². The van der Waals surface area contributed by atoms with E-state index in [4.69, 9.17) is 11.6 Å². The topological polar surface area (TPSA) is 20.3 Å². The van der Waals surface area contributed by atoms with Gasteiger partial charge in [0.15, 0.2) is 0 Å². The van der Waals surface area contributed by atoms with Crippen LogP contribution in [0.2, 0.25) is 4.34 Å². The van der Waals surface area contributed by atoms with E-state index in [0.29, 0.717) is 10.4 Å². The van der Waals surface area contributed by atoms with Crippen molar-refractivity contribution in [3.8, 4) is 0 Å². The van der Waals surface area contributed by atoms with Crippen molar-refractivity contribution in [3.63, 3.8) is 0 Å². The molecule has 1 amide bonds. The molecule has 2 heterocycles. The molecule has 1 fully saturated rings. The number of rotatable bonds is 1. The zero-order valence-electron chi connectivity index (χ0n) is 8.70. The van der Waals surface area contributed by atoms with Gasteiger partial charge in [-0.2, -0.15) is 0 Å². The molecule has 1 aromatic rings. The van der Waals surface area contributed by atoms with Gasteiger partial charge in [0.1, 0.15) is 0 Å². The molecule has 0 bridgehead atoms. The Morgan fingerprint density at radius 2 is 2.33 bits per heavy atom. The zero-order chi connectivity index (χ0) is 10.8. The number of likely N-dealkylation sites (tertiary alicyclic amines) is 1. The lowest BCUT2D eigenvalue weighted by atomic mass is 10.0. The molecular formula is C11H14ClNOS. The molecule has 1 aliphatic heterocycles. The molecular weight excluding hydrogens is 230 g/mol. The van der Waals surface area contributed by atoms with Crippen molar-refractivity contribution < 1.29 is 4.79 Å². The Hall–Kier alpha value is -0.540. The number of carbonyl (C=O) groups is 1. The van der Waals surface area contributed by atoms with Crippen LogP contribution >= 0.6 is 22.9 Å². The lowest BCUT2D eigenvalue weighted by Gasteiger charge is -2.33. The second-order valence-electron chi connectivity index (χ2n) is 3.95. The Bertz CT molecular complexity index is 363. The van der Waals surface area contributed by atoms with Crippen LogP contribution in [0.15, 0.2) is 12.1 Å². The number of thiophene rings is 1. The lowest BCUT2D eigenvalue weighted by molar-refractivity contribution is 0.0640. The molecule has 0 radical (unpaired) electrons. The first-order valence-corrected chi connectivity index (χ1v) is 6.44. The van der Waals surface area contributed by atoms with Gasteiger partial charge in [0.05, 0.1) is 9.21 Å². The van der Waals surface area contributed by atoms with E-state index >= 15 is 0 Å². The fourth-order valence-corrected chi connectivity index (χ4v) is 2.97. The van der Waals surface area contributed by atoms with Crippen LogP contribution < -0.4 is 0 Å². The van der Waals surface area contributed by atoms with Gasteiger partial charge in [0.2, 0.25) is 0 Å². The summed E-state index contributed by atoms with van der Waals surface area (Å²) in [6.45, 7) is 3.00. The lowest BCUT2D eigenvalue weighted by Crippen LogP contribution is -2.41. The number of carbonyl (C=O) groups excluding carboxylic acids is 1. The van der Waals surface area contributed by atoms with Gasteiger partial charge in [-0.05, 0) is 38.3 Å². The minimum Gasteiger partial charge on any atom is -0.335 e. The van der Waals surface area contributed by atoms with Crippen LogP contribution in [0.1, 0.15) is 35.9 Å². The number of hydrogen-bond acceptors (Lipinski definition) is 2. The average molecular weight is 244 g/mol. The highest BCUT2D eigenvalue weighted by atomic mass is 35.5. The predicted molar refractivity (Wildman–Crippen MR) is 63.7 cm³/mol. The Morgan fingerprint density at radius 1 is 1.53 bits per heavy atom. The monoisotopic (exact) mass is 243 g/mol. The van der Waals surface area contributed by atoms with Crippen molar-refractivity contribution >= 4 is 28.8 Å². The molecule has 82 valence electrons. The summed E-state index contributed by atoms with van der Waals surface area (Å²) in [7, 11) is 0. The van der Waals surface area contributed by atoms with E-state index in [1.807, 2.05) is 11.0 Å². The molecule has 4 heteroatoms. The molecule has 0 spiro atoms. The van der Waals surface area contributed by atoms with Gasteiger partial charge in [-0.15, -0.1) is 11.3 Å². The molecule has 1 saturated heterocycles. The highest BCUT2D eigenvalue weighted by molar-refractivity contribution is 7.17. The van der Waals surface area contributed by atoms with E-state index in [0.717, 1.165) is 24.3 Å². The van der Waals surface area contributed by atoms with Gasteiger partial charge in [-0.3, -0.25) is 4.79 Å². The molecule has 1 unspecified atom stereocenters. The molecule has 0 saturated carbocycles. The number of amides is 1. The maximum atomic E-state index is 12.1. The fraction of sp³-hybridized carbons (Fsp3) is 0.545. The van der Waals surface area contributed by atoms with E-state index in [1.165, 1.54) is 17.8 Å². The first-order chi connectivity index (χ1) is 7.18. The molecule has 0 aromatic carbocycles. The number of piperidine rings is 1. The standard InChI is InChI=1S/C11H14ClNOS/c1-8-4-2-3-7-13(8)11(14)9-5-6-10(12)15-9/h5-6,8H,2-4,7H2,1H3. The zero-order valence-corrected chi connectivity index (χ0v) is 10.3. The second-order valence-corrected chi connectivity index (χ2v) is 5.66. The van der Waals surface area contributed by atoms with E-state index < -0.39 is 0 Å². The summed E-state index contributed by atoms with van der Waals surface area (Å²) >= 11 is 7.19. The van der Waals surface area contributed by atoms with Gasteiger partial charge in [0, 0.05) is 12.6 Å². The van der Waals surface area contributed by atoms with E-state index in [1.54, 1.807) is 6.07 Å². The summed E-state index contributed by atoms with van der Waals surface area (Å²) in [6, 6.07) is 3.97. The smallest absolute Gasteiger partial charge is 0.264 e. The van der Waals surface area contributed by atoms with E-state index in [-0.39, 0.29) is 5.91 Å². The van der Waals surface area contributed by atoms with Gasteiger partial charge >= 0.3 is 0 Å². The maximum absolute atomic E-state index is 12.1. The Labute approximate surface area is 98.8 Å². The summed E-state index contributed by atoms with van der Waals surface area (Å²) in [6.07, 6.45) is 3.47. The normalized spacial score (nSPS) is 21.7. The predicted octanol–water partition coefficient (Wildman–Crippen LogP) is 3.42. The van der Waals surface area contributed by atoms with E-state index in [9.17, 15) is 4.79 Å². The quantitative estimate of drug-likeness (QED) is 0.740. The SMILES string of the molecule is CC1CCCCN1C(=O)c1ccc(Cl)s1. The number of hydrogen-bond donors (Lipinski definition) is 0. The fourth-order valence-electron chi connectivity index (χ4n) is 1.97. The molecule has 1 atom stereocenters. The molecule has 2 nitrogen and oxygen atoms in total. The minimum absolute atomic E-state index is 0.138. The number of halogens is 1. The largest absolute Gasteiger partial charge is 0.335 e. The van der Waals surface area contributed by atoms with Gasteiger partial charge < -0.3 is 4.90 Å². The van der Waals surface area contributed by atoms with E-state index in [2.05, 4.69) is 6.92 Å². The average Bonchev–Trinajstić information content (AvgIpc) is 2.65. The third-order valence-corrected chi connectivity index (χ3v) is 4.07. The van der Waals surface area contributed by atoms with Crippen LogP contribution in [0.25, 0.3) is 0 Å². The third-order valence-electron chi connectivity index (χ3n) is 2.85. The van der Waals surface area contributed by atoms with Crippen molar-refractivity contribution in [1.29, 1.82) is 0 Å².